The van der Waals surface area contributed by atoms with E-state index in [1.54, 1.807) is 24.5 Å². The third-order valence-corrected chi connectivity index (χ3v) is 1.59. The van der Waals surface area contributed by atoms with E-state index in [-0.39, 0.29) is 0 Å². The van der Waals surface area contributed by atoms with E-state index >= 15 is 0 Å². The molecule has 3 heteroatoms. The maximum Gasteiger partial charge on any atom is 0.237 e. The largest absolute Gasteiger partial charge is 0.496 e. The first kappa shape index (κ1) is 9.58. The SMILES string of the molecule is CCOc1ccc([C]=O)c(OC)c1. The van der Waals surface area contributed by atoms with Gasteiger partial charge >= 0.3 is 0 Å². The van der Waals surface area contributed by atoms with E-state index in [0.29, 0.717) is 23.7 Å². The Balaban J connectivity index is 2.98. The average Bonchev–Trinajstić information content (AvgIpc) is 2.18. The van der Waals surface area contributed by atoms with Gasteiger partial charge in [0.15, 0.2) is 0 Å². The molecule has 0 amide bonds. The lowest BCUT2D eigenvalue weighted by molar-refractivity contribution is 0.336. The highest BCUT2D eigenvalue weighted by Gasteiger charge is 2.03. The molecule has 0 spiro atoms. The Morgan fingerprint density at radius 3 is 2.77 bits per heavy atom. The Morgan fingerprint density at radius 2 is 2.23 bits per heavy atom. The van der Waals surface area contributed by atoms with Crippen LogP contribution in [0.5, 0.6) is 11.5 Å². The van der Waals surface area contributed by atoms with Crippen molar-refractivity contribution in [2.45, 2.75) is 6.92 Å². The standard InChI is InChI=1S/C10H11O3/c1-3-13-9-5-4-8(7-11)10(6-9)12-2/h4-6H,3H2,1-2H3. The number of carbonyl (C=O) groups excluding carboxylic acids is 1. The van der Waals surface area contributed by atoms with Gasteiger partial charge in [0.25, 0.3) is 0 Å². The van der Waals surface area contributed by atoms with Crippen LogP contribution in [0, 0.1) is 0 Å². The van der Waals surface area contributed by atoms with Crippen molar-refractivity contribution in [1.29, 1.82) is 0 Å². The first-order valence-corrected chi connectivity index (χ1v) is 4.00. The molecular weight excluding hydrogens is 168 g/mol. The van der Waals surface area contributed by atoms with Gasteiger partial charge in [0.2, 0.25) is 6.29 Å². The lowest BCUT2D eigenvalue weighted by Gasteiger charge is -2.06. The molecule has 13 heavy (non-hydrogen) atoms. The fourth-order valence-electron chi connectivity index (χ4n) is 1.01. The summed E-state index contributed by atoms with van der Waals surface area (Å²) >= 11 is 0. The molecule has 0 heterocycles. The lowest BCUT2D eigenvalue weighted by Crippen LogP contribution is -1.95. The first-order chi connectivity index (χ1) is 6.31. The Labute approximate surface area is 77.3 Å². The third kappa shape index (κ3) is 2.21. The zero-order chi connectivity index (χ0) is 9.68. The second kappa shape index (κ2) is 4.50. The summed E-state index contributed by atoms with van der Waals surface area (Å²) in [6.07, 6.45) is 1.79. The quantitative estimate of drug-likeness (QED) is 0.703. The number of ether oxygens (including phenoxy) is 2. The van der Waals surface area contributed by atoms with Crippen LogP contribution in [0.25, 0.3) is 0 Å². The second-order valence-corrected chi connectivity index (χ2v) is 2.40. The average molecular weight is 179 g/mol. The molecular formula is C10H11O3. The third-order valence-electron chi connectivity index (χ3n) is 1.59. The van der Waals surface area contributed by atoms with Crippen LogP contribution in [-0.2, 0) is 4.79 Å². The topological polar surface area (TPSA) is 35.5 Å². The Kier molecular flexibility index (Phi) is 3.31. The summed E-state index contributed by atoms with van der Waals surface area (Å²) in [6.45, 7) is 2.49. The number of rotatable bonds is 4. The molecule has 69 valence electrons. The van der Waals surface area contributed by atoms with Crippen molar-refractivity contribution >= 4 is 6.29 Å². The zero-order valence-corrected chi connectivity index (χ0v) is 7.66. The van der Waals surface area contributed by atoms with Gasteiger partial charge < -0.3 is 9.47 Å². The zero-order valence-electron chi connectivity index (χ0n) is 7.66. The van der Waals surface area contributed by atoms with Crippen LogP contribution in [0.1, 0.15) is 12.5 Å². The highest BCUT2D eigenvalue weighted by molar-refractivity contribution is 5.80. The highest BCUT2D eigenvalue weighted by atomic mass is 16.5. The van der Waals surface area contributed by atoms with Crippen molar-refractivity contribution in [2.75, 3.05) is 13.7 Å². The van der Waals surface area contributed by atoms with Gasteiger partial charge in [0.1, 0.15) is 11.5 Å². The Morgan fingerprint density at radius 1 is 1.46 bits per heavy atom. The predicted molar refractivity (Wildman–Crippen MR) is 49.0 cm³/mol. The van der Waals surface area contributed by atoms with Crippen LogP contribution >= 0.6 is 0 Å². The number of hydrogen-bond donors (Lipinski definition) is 0. The normalized spacial score (nSPS) is 9.38. The summed E-state index contributed by atoms with van der Waals surface area (Å²) in [6, 6.07) is 5.01. The van der Waals surface area contributed by atoms with Crippen LogP contribution in [-0.4, -0.2) is 20.0 Å². The highest BCUT2D eigenvalue weighted by Crippen LogP contribution is 2.22. The first-order valence-electron chi connectivity index (χ1n) is 4.00. The van der Waals surface area contributed by atoms with E-state index in [9.17, 15) is 4.79 Å². The van der Waals surface area contributed by atoms with E-state index in [1.165, 1.54) is 7.11 Å². The van der Waals surface area contributed by atoms with Crippen molar-refractivity contribution in [3.05, 3.63) is 23.8 Å². The summed E-state index contributed by atoms with van der Waals surface area (Å²) in [5.74, 6) is 1.18. The molecule has 1 aromatic carbocycles. The maximum atomic E-state index is 10.4. The summed E-state index contributed by atoms with van der Waals surface area (Å²) in [5.41, 5.74) is 0.408. The van der Waals surface area contributed by atoms with E-state index in [1.807, 2.05) is 6.92 Å². The molecule has 1 rings (SSSR count). The molecule has 3 nitrogen and oxygen atoms in total. The van der Waals surface area contributed by atoms with Crippen molar-refractivity contribution in [3.8, 4) is 11.5 Å². The van der Waals surface area contributed by atoms with Crippen molar-refractivity contribution in [3.63, 3.8) is 0 Å². The number of benzene rings is 1. The summed E-state index contributed by atoms with van der Waals surface area (Å²) < 4.78 is 10.2. The van der Waals surface area contributed by atoms with Gasteiger partial charge in [-0.1, -0.05) is 0 Å². The number of methoxy groups -OCH3 is 1. The fourth-order valence-corrected chi connectivity index (χ4v) is 1.01. The van der Waals surface area contributed by atoms with Gasteiger partial charge in [-0.3, -0.25) is 4.79 Å². The lowest BCUT2D eigenvalue weighted by atomic mass is 10.2. The van der Waals surface area contributed by atoms with Crippen LogP contribution in [0.3, 0.4) is 0 Å². The minimum atomic E-state index is 0.408. The van der Waals surface area contributed by atoms with Crippen LogP contribution in [0.4, 0.5) is 0 Å². The molecule has 0 saturated heterocycles. The maximum absolute atomic E-state index is 10.4. The molecule has 0 aliphatic heterocycles. The minimum absolute atomic E-state index is 0.408. The van der Waals surface area contributed by atoms with Gasteiger partial charge in [-0.05, 0) is 19.1 Å². The molecule has 0 aromatic heterocycles. The molecule has 0 fully saturated rings. The van der Waals surface area contributed by atoms with E-state index < -0.39 is 0 Å². The van der Waals surface area contributed by atoms with Crippen molar-refractivity contribution in [2.24, 2.45) is 0 Å². The van der Waals surface area contributed by atoms with Gasteiger partial charge in [0, 0.05) is 6.07 Å². The van der Waals surface area contributed by atoms with Gasteiger partial charge in [-0.15, -0.1) is 0 Å². The molecule has 0 saturated carbocycles. The Hall–Kier alpha value is -1.51. The number of hydrogen-bond acceptors (Lipinski definition) is 3. The minimum Gasteiger partial charge on any atom is -0.496 e. The van der Waals surface area contributed by atoms with Gasteiger partial charge in [-0.2, -0.15) is 0 Å². The monoisotopic (exact) mass is 179 g/mol. The van der Waals surface area contributed by atoms with Crippen LogP contribution < -0.4 is 9.47 Å². The molecule has 0 aliphatic carbocycles. The van der Waals surface area contributed by atoms with Crippen LogP contribution in [0.2, 0.25) is 0 Å². The molecule has 0 atom stereocenters. The molecule has 0 unspecified atom stereocenters. The molecule has 0 aliphatic rings. The van der Waals surface area contributed by atoms with E-state index in [4.69, 9.17) is 9.47 Å². The van der Waals surface area contributed by atoms with Crippen LogP contribution in [0.15, 0.2) is 18.2 Å². The van der Waals surface area contributed by atoms with Crippen molar-refractivity contribution < 1.29 is 14.3 Å². The molecule has 0 bridgehead atoms. The van der Waals surface area contributed by atoms with E-state index in [2.05, 4.69) is 0 Å². The molecule has 0 N–H and O–H groups in total. The summed E-state index contributed by atoms with van der Waals surface area (Å²) in [5, 5.41) is 0. The summed E-state index contributed by atoms with van der Waals surface area (Å²) in [7, 11) is 1.51. The predicted octanol–water partition coefficient (Wildman–Crippen LogP) is 1.55. The summed E-state index contributed by atoms with van der Waals surface area (Å²) in [4.78, 5) is 10.4. The van der Waals surface area contributed by atoms with Gasteiger partial charge in [-0.25, -0.2) is 0 Å². The van der Waals surface area contributed by atoms with Crippen molar-refractivity contribution in [1.82, 2.24) is 0 Å². The second-order valence-electron chi connectivity index (χ2n) is 2.40. The Bertz CT molecular complexity index is 294. The van der Waals surface area contributed by atoms with Gasteiger partial charge in [0.05, 0.1) is 19.3 Å². The smallest absolute Gasteiger partial charge is 0.237 e. The molecule has 1 radical (unpaired) electrons. The van der Waals surface area contributed by atoms with E-state index in [0.717, 1.165) is 0 Å². The molecule has 1 aromatic rings. The fraction of sp³-hybridized carbons (Fsp3) is 0.300.